The predicted molar refractivity (Wildman–Crippen MR) is 74.3 cm³/mol. The lowest BCUT2D eigenvalue weighted by atomic mass is 9.95. The molecule has 1 aromatic rings. The molecule has 1 unspecified atom stereocenters. The molecule has 1 aromatic carbocycles. The summed E-state index contributed by atoms with van der Waals surface area (Å²) < 4.78 is 0. The molecule has 0 aliphatic heterocycles. The van der Waals surface area contributed by atoms with E-state index in [2.05, 4.69) is 49.1 Å². The van der Waals surface area contributed by atoms with Gasteiger partial charge in [0.25, 0.3) is 0 Å². The van der Waals surface area contributed by atoms with Crippen LogP contribution in [0.5, 0.6) is 0 Å². The van der Waals surface area contributed by atoms with Crippen molar-refractivity contribution in [1.82, 2.24) is 0 Å². The molecule has 0 saturated heterocycles. The van der Waals surface area contributed by atoms with Crippen molar-refractivity contribution < 1.29 is 0 Å². The molecule has 0 bridgehead atoms. The summed E-state index contributed by atoms with van der Waals surface area (Å²) in [5, 5.41) is 3.94. The molecule has 1 atom stereocenters. The van der Waals surface area contributed by atoms with Gasteiger partial charge in [-0.15, -0.1) is 0 Å². The molecule has 2 heteroatoms. The molecular formula is C14H21NS. The lowest BCUT2D eigenvalue weighted by Gasteiger charge is -2.24. The Bertz CT molecular complexity index is 312. The van der Waals surface area contributed by atoms with E-state index in [0.717, 1.165) is 0 Å². The summed E-state index contributed by atoms with van der Waals surface area (Å²) in [6.45, 7) is 2.10. The van der Waals surface area contributed by atoms with Gasteiger partial charge in [-0.05, 0) is 37.5 Å². The van der Waals surface area contributed by atoms with E-state index in [0.29, 0.717) is 11.3 Å². The molecule has 1 N–H and O–H groups in total. The molecule has 0 aromatic heterocycles. The van der Waals surface area contributed by atoms with Crippen LogP contribution < -0.4 is 5.32 Å². The molecule has 0 amide bonds. The summed E-state index contributed by atoms with van der Waals surface area (Å²) in [6, 6.07) is 9.38. The molecule has 0 radical (unpaired) electrons. The SMILES string of the molecule is CC(S)c1ccc(NC2CCCCC2)cc1. The van der Waals surface area contributed by atoms with Gasteiger partial charge in [-0.3, -0.25) is 0 Å². The first-order valence-electron chi connectivity index (χ1n) is 6.30. The smallest absolute Gasteiger partial charge is 0.0342 e. The monoisotopic (exact) mass is 235 g/mol. The van der Waals surface area contributed by atoms with Gasteiger partial charge in [0.05, 0.1) is 0 Å². The third-order valence-corrected chi connectivity index (χ3v) is 3.67. The van der Waals surface area contributed by atoms with Gasteiger partial charge in [0.15, 0.2) is 0 Å². The Labute approximate surface area is 104 Å². The molecule has 1 nitrogen and oxygen atoms in total. The Balaban J connectivity index is 1.93. The maximum Gasteiger partial charge on any atom is 0.0342 e. The van der Waals surface area contributed by atoms with Crippen LogP contribution in [0.2, 0.25) is 0 Å². The standard InChI is InChI=1S/C14H21NS/c1-11(16)12-7-9-14(10-8-12)15-13-5-3-2-4-6-13/h7-11,13,15-16H,2-6H2,1H3. The van der Waals surface area contributed by atoms with E-state index in [-0.39, 0.29) is 0 Å². The predicted octanol–water partition coefficient (Wildman–Crippen LogP) is 4.42. The third-order valence-electron chi connectivity index (χ3n) is 3.37. The number of thiol groups is 1. The minimum atomic E-state index is 0.323. The zero-order valence-corrected chi connectivity index (χ0v) is 10.8. The summed E-state index contributed by atoms with van der Waals surface area (Å²) in [7, 11) is 0. The first-order valence-corrected chi connectivity index (χ1v) is 6.82. The van der Waals surface area contributed by atoms with Crippen molar-refractivity contribution in [2.45, 2.75) is 50.3 Å². The molecule has 1 aliphatic rings. The number of anilines is 1. The second kappa shape index (κ2) is 5.62. The van der Waals surface area contributed by atoms with Gasteiger partial charge >= 0.3 is 0 Å². The highest BCUT2D eigenvalue weighted by molar-refractivity contribution is 7.80. The largest absolute Gasteiger partial charge is 0.382 e. The van der Waals surface area contributed by atoms with E-state index < -0.39 is 0 Å². The number of benzene rings is 1. The number of rotatable bonds is 3. The van der Waals surface area contributed by atoms with Crippen molar-refractivity contribution in [2.75, 3.05) is 5.32 Å². The van der Waals surface area contributed by atoms with Crippen LogP contribution in [0.15, 0.2) is 24.3 Å². The second-order valence-corrected chi connectivity index (χ2v) is 5.55. The highest BCUT2D eigenvalue weighted by Gasteiger charge is 2.12. The van der Waals surface area contributed by atoms with Crippen LogP contribution in [-0.2, 0) is 0 Å². The fourth-order valence-corrected chi connectivity index (χ4v) is 2.51. The Morgan fingerprint density at radius 1 is 1.12 bits per heavy atom. The molecule has 2 rings (SSSR count). The quantitative estimate of drug-likeness (QED) is 0.739. The maximum atomic E-state index is 4.43. The van der Waals surface area contributed by atoms with Crippen LogP contribution >= 0.6 is 12.6 Å². The fraction of sp³-hybridized carbons (Fsp3) is 0.571. The van der Waals surface area contributed by atoms with Gasteiger partial charge < -0.3 is 5.32 Å². The van der Waals surface area contributed by atoms with E-state index in [1.54, 1.807) is 0 Å². The molecule has 0 spiro atoms. The topological polar surface area (TPSA) is 12.0 Å². The van der Waals surface area contributed by atoms with Crippen molar-refractivity contribution in [1.29, 1.82) is 0 Å². The van der Waals surface area contributed by atoms with Gasteiger partial charge in [-0.2, -0.15) is 12.6 Å². The van der Waals surface area contributed by atoms with E-state index in [9.17, 15) is 0 Å². The first-order chi connectivity index (χ1) is 7.75. The Morgan fingerprint density at radius 2 is 1.75 bits per heavy atom. The molecular weight excluding hydrogens is 214 g/mol. The lowest BCUT2D eigenvalue weighted by molar-refractivity contribution is 0.463. The molecule has 88 valence electrons. The normalized spacial score (nSPS) is 19.4. The van der Waals surface area contributed by atoms with Crippen molar-refractivity contribution in [2.24, 2.45) is 0 Å². The number of nitrogens with one attached hydrogen (secondary N) is 1. The average Bonchev–Trinajstić information content (AvgIpc) is 2.31. The lowest BCUT2D eigenvalue weighted by Crippen LogP contribution is -2.22. The van der Waals surface area contributed by atoms with Crippen molar-refractivity contribution in [3.63, 3.8) is 0 Å². The summed E-state index contributed by atoms with van der Waals surface area (Å²) in [6.07, 6.45) is 6.82. The van der Waals surface area contributed by atoms with Gasteiger partial charge in [0.1, 0.15) is 0 Å². The second-order valence-electron chi connectivity index (χ2n) is 4.78. The molecule has 16 heavy (non-hydrogen) atoms. The van der Waals surface area contributed by atoms with Crippen LogP contribution in [0.4, 0.5) is 5.69 Å². The van der Waals surface area contributed by atoms with Crippen LogP contribution in [-0.4, -0.2) is 6.04 Å². The van der Waals surface area contributed by atoms with E-state index >= 15 is 0 Å². The van der Waals surface area contributed by atoms with Gasteiger partial charge in [-0.1, -0.05) is 31.4 Å². The van der Waals surface area contributed by atoms with Crippen molar-refractivity contribution in [3.8, 4) is 0 Å². The third kappa shape index (κ3) is 3.18. The molecule has 0 heterocycles. The van der Waals surface area contributed by atoms with E-state index in [1.807, 2.05) is 0 Å². The maximum absolute atomic E-state index is 4.43. The summed E-state index contributed by atoms with van der Waals surface area (Å²) in [4.78, 5) is 0. The van der Waals surface area contributed by atoms with E-state index in [1.165, 1.54) is 43.4 Å². The number of hydrogen-bond acceptors (Lipinski definition) is 2. The zero-order chi connectivity index (χ0) is 11.4. The Morgan fingerprint density at radius 3 is 2.31 bits per heavy atom. The van der Waals surface area contributed by atoms with Gasteiger partial charge in [0, 0.05) is 17.0 Å². The highest BCUT2D eigenvalue weighted by atomic mass is 32.1. The summed E-state index contributed by atoms with van der Waals surface area (Å²) >= 11 is 4.43. The van der Waals surface area contributed by atoms with Crippen LogP contribution in [0.25, 0.3) is 0 Å². The molecule has 1 aliphatic carbocycles. The molecule has 1 saturated carbocycles. The first kappa shape index (κ1) is 11.8. The van der Waals surface area contributed by atoms with Crippen LogP contribution in [0.1, 0.15) is 49.8 Å². The fourth-order valence-electron chi connectivity index (χ4n) is 2.34. The van der Waals surface area contributed by atoms with Crippen molar-refractivity contribution >= 4 is 18.3 Å². The number of hydrogen-bond donors (Lipinski definition) is 2. The summed E-state index contributed by atoms with van der Waals surface area (Å²) in [5.74, 6) is 0. The highest BCUT2D eigenvalue weighted by Crippen LogP contribution is 2.24. The Kier molecular flexibility index (Phi) is 4.16. The Hall–Kier alpha value is -0.630. The van der Waals surface area contributed by atoms with Crippen molar-refractivity contribution in [3.05, 3.63) is 29.8 Å². The van der Waals surface area contributed by atoms with Gasteiger partial charge in [-0.25, -0.2) is 0 Å². The van der Waals surface area contributed by atoms with E-state index in [4.69, 9.17) is 0 Å². The molecule has 1 fully saturated rings. The zero-order valence-electron chi connectivity index (χ0n) is 9.95. The van der Waals surface area contributed by atoms with Gasteiger partial charge in [0.2, 0.25) is 0 Å². The minimum Gasteiger partial charge on any atom is -0.382 e. The van der Waals surface area contributed by atoms with Crippen LogP contribution in [0, 0.1) is 0 Å². The average molecular weight is 235 g/mol. The summed E-state index contributed by atoms with van der Waals surface area (Å²) in [5.41, 5.74) is 2.54. The van der Waals surface area contributed by atoms with Crippen LogP contribution in [0.3, 0.4) is 0 Å². The minimum absolute atomic E-state index is 0.323.